The van der Waals surface area contributed by atoms with Gasteiger partial charge in [-0.1, -0.05) is 38.4 Å². The highest BCUT2D eigenvalue weighted by molar-refractivity contribution is 6.31. The summed E-state index contributed by atoms with van der Waals surface area (Å²) in [6, 6.07) is 16.2. The quantitative estimate of drug-likeness (QED) is 0.683. The van der Waals surface area contributed by atoms with Crippen molar-refractivity contribution in [1.82, 2.24) is 9.78 Å². The van der Waals surface area contributed by atoms with Gasteiger partial charge >= 0.3 is 0 Å². The van der Waals surface area contributed by atoms with E-state index in [9.17, 15) is 4.79 Å². The van der Waals surface area contributed by atoms with Crippen molar-refractivity contribution in [2.75, 3.05) is 12.4 Å². The largest absolute Gasteiger partial charge is 0.497 e. The number of nitrogens with zero attached hydrogens (tertiary/aromatic N) is 2. The number of aromatic nitrogens is 2. The molecular formula is C21H22ClN3O2. The van der Waals surface area contributed by atoms with Crippen LogP contribution >= 0.6 is 11.6 Å². The Kier molecular flexibility index (Phi) is 5.24. The maximum atomic E-state index is 12.7. The third-order valence-corrected chi connectivity index (χ3v) is 4.36. The smallest absolute Gasteiger partial charge is 0.256 e. The normalized spacial score (nSPS) is 11.3. The Hall–Kier alpha value is -2.79. The molecule has 1 heterocycles. The zero-order valence-corrected chi connectivity index (χ0v) is 16.5. The number of nitrogens with one attached hydrogen (secondary N) is 1. The Bertz CT molecular complexity index is 956. The van der Waals surface area contributed by atoms with Crippen molar-refractivity contribution >= 4 is 23.3 Å². The lowest BCUT2D eigenvalue weighted by atomic mass is 9.92. The first-order valence-corrected chi connectivity index (χ1v) is 8.97. The van der Waals surface area contributed by atoms with E-state index in [4.69, 9.17) is 21.4 Å². The van der Waals surface area contributed by atoms with E-state index >= 15 is 0 Å². The molecule has 0 fully saturated rings. The van der Waals surface area contributed by atoms with E-state index in [1.54, 1.807) is 36.1 Å². The molecule has 2 aromatic carbocycles. The van der Waals surface area contributed by atoms with Gasteiger partial charge in [-0.15, -0.1) is 0 Å². The lowest BCUT2D eigenvalue weighted by molar-refractivity contribution is 0.102. The number of methoxy groups -OCH3 is 1. The van der Waals surface area contributed by atoms with Crippen LogP contribution in [-0.2, 0) is 5.41 Å². The number of hydrogen-bond acceptors (Lipinski definition) is 3. The minimum atomic E-state index is -0.243. The third-order valence-electron chi connectivity index (χ3n) is 4.12. The van der Waals surface area contributed by atoms with E-state index in [2.05, 4.69) is 26.1 Å². The van der Waals surface area contributed by atoms with E-state index in [1.165, 1.54) is 0 Å². The van der Waals surface area contributed by atoms with Crippen LogP contribution in [0.2, 0.25) is 5.02 Å². The summed E-state index contributed by atoms with van der Waals surface area (Å²) >= 11 is 6.00. The number of rotatable bonds is 4. The van der Waals surface area contributed by atoms with Gasteiger partial charge in [0.2, 0.25) is 0 Å². The molecule has 0 radical (unpaired) electrons. The van der Waals surface area contributed by atoms with Crippen molar-refractivity contribution in [3.05, 3.63) is 70.9 Å². The van der Waals surface area contributed by atoms with Gasteiger partial charge in [0.05, 0.1) is 18.5 Å². The van der Waals surface area contributed by atoms with E-state index in [1.807, 2.05) is 30.3 Å². The average Bonchev–Trinajstić information content (AvgIpc) is 3.06. The van der Waals surface area contributed by atoms with Gasteiger partial charge in [-0.3, -0.25) is 4.79 Å². The van der Waals surface area contributed by atoms with Gasteiger partial charge in [0.1, 0.15) is 11.6 Å². The first-order valence-electron chi connectivity index (χ1n) is 8.60. The van der Waals surface area contributed by atoms with E-state index in [-0.39, 0.29) is 11.3 Å². The minimum Gasteiger partial charge on any atom is -0.497 e. The number of carbonyl (C=O) groups is 1. The van der Waals surface area contributed by atoms with E-state index < -0.39 is 0 Å². The molecule has 0 saturated heterocycles. The summed E-state index contributed by atoms with van der Waals surface area (Å²) < 4.78 is 6.94. The molecule has 0 aliphatic heterocycles. The standard InChI is InChI=1S/C21H22ClN3O2/c1-21(2,3)18-13-19(23-20(26)14-6-5-7-15(22)12-14)25(24-18)16-8-10-17(27-4)11-9-16/h5-13H,1-4H3,(H,23,26). The fourth-order valence-electron chi connectivity index (χ4n) is 2.58. The van der Waals surface area contributed by atoms with Crippen molar-refractivity contribution in [3.8, 4) is 11.4 Å². The number of benzene rings is 2. The highest BCUT2D eigenvalue weighted by atomic mass is 35.5. The fourth-order valence-corrected chi connectivity index (χ4v) is 2.77. The number of hydrogen-bond donors (Lipinski definition) is 1. The van der Waals surface area contributed by atoms with Crippen LogP contribution in [0, 0.1) is 0 Å². The Labute approximate surface area is 163 Å². The number of amides is 1. The maximum absolute atomic E-state index is 12.7. The van der Waals surface area contributed by atoms with Crippen molar-refractivity contribution in [2.24, 2.45) is 0 Å². The Morgan fingerprint density at radius 1 is 1.11 bits per heavy atom. The SMILES string of the molecule is COc1ccc(-n2nc(C(C)(C)C)cc2NC(=O)c2cccc(Cl)c2)cc1. The van der Waals surface area contributed by atoms with Crippen LogP contribution in [0.3, 0.4) is 0 Å². The average molecular weight is 384 g/mol. The van der Waals surface area contributed by atoms with Crippen molar-refractivity contribution in [2.45, 2.75) is 26.2 Å². The van der Waals surface area contributed by atoms with Crippen molar-refractivity contribution in [3.63, 3.8) is 0 Å². The molecule has 140 valence electrons. The third kappa shape index (κ3) is 4.31. The number of ether oxygens (including phenoxy) is 1. The van der Waals surface area contributed by atoms with Gasteiger partial charge < -0.3 is 10.1 Å². The van der Waals surface area contributed by atoms with Gasteiger partial charge in [0.25, 0.3) is 5.91 Å². The second kappa shape index (κ2) is 7.45. The Morgan fingerprint density at radius 2 is 1.81 bits per heavy atom. The van der Waals surface area contributed by atoms with Gasteiger partial charge in [-0.25, -0.2) is 4.68 Å². The summed E-state index contributed by atoms with van der Waals surface area (Å²) in [5.74, 6) is 1.11. The van der Waals surface area contributed by atoms with E-state index in [0.29, 0.717) is 16.4 Å². The zero-order valence-electron chi connectivity index (χ0n) is 15.8. The molecule has 3 aromatic rings. The molecule has 1 amide bonds. The molecule has 0 saturated carbocycles. The molecule has 3 rings (SSSR count). The molecule has 6 heteroatoms. The highest BCUT2D eigenvalue weighted by Crippen LogP contribution is 2.27. The van der Waals surface area contributed by atoms with Crippen LogP contribution < -0.4 is 10.1 Å². The topological polar surface area (TPSA) is 56.1 Å². The molecule has 0 unspecified atom stereocenters. The summed E-state index contributed by atoms with van der Waals surface area (Å²) in [6.07, 6.45) is 0. The molecule has 0 aliphatic rings. The van der Waals surface area contributed by atoms with Gasteiger partial charge in [0.15, 0.2) is 0 Å². The lowest BCUT2D eigenvalue weighted by Gasteiger charge is -2.14. The van der Waals surface area contributed by atoms with Gasteiger partial charge in [0, 0.05) is 22.1 Å². The molecular weight excluding hydrogens is 362 g/mol. The van der Waals surface area contributed by atoms with Crippen LogP contribution in [0.25, 0.3) is 5.69 Å². The first-order chi connectivity index (χ1) is 12.8. The molecule has 0 bridgehead atoms. The monoisotopic (exact) mass is 383 g/mol. The summed E-state index contributed by atoms with van der Waals surface area (Å²) in [7, 11) is 1.62. The second-order valence-electron chi connectivity index (χ2n) is 7.24. The number of halogens is 1. The zero-order chi connectivity index (χ0) is 19.6. The molecule has 1 aromatic heterocycles. The van der Waals surface area contributed by atoms with Crippen molar-refractivity contribution < 1.29 is 9.53 Å². The minimum absolute atomic E-state index is 0.159. The molecule has 27 heavy (non-hydrogen) atoms. The maximum Gasteiger partial charge on any atom is 0.256 e. The number of carbonyl (C=O) groups excluding carboxylic acids is 1. The fraction of sp³-hybridized carbons (Fsp3) is 0.238. The highest BCUT2D eigenvalue weighted by Gasteiger charge is 2.22. The summed E-state index contributed by atoms with van der Waals surface area (Å²) in [6.45, 7) is 6.24. The van der Waals surface area contributed by atoms with Gasteiger partial charge in [-0.2, -0.15) is 5.10 Å². The number of anilines is 1. The molecule has 0 spiro atoms. The molecule has 5 nitrogen and oxygen atoms in total. The summed E-state index contributed by atoms with van der Waals surface area (Å²) in [4.78, 5) is 12.7. The second-order valence-corrected chi connectivity index (χ2v) is 7.68. The Balaban J connectivity index is 1.99. The summed E-state index contributed by atoms with van der Waals surface area (Å²) in [5, 5.41) is 8.17. The van der Waals surface area contributed by atoms with Crippen LogP contribution in [-0.4, -0.2) is 22.8 Å². The first kappa shape index (κ1) is 19.0. The van der Waals surface area contributed by atoms with Crippen LogP contribution in [0.15, 0.2) is 54.6 Å². The van der Waals surface area contributed by atoms with Crippen LogP contribution in [0.4, 0.5) is 5.82 Å². The van der Waals surface area contributed by atoms with Crippen LogP contribution in [0.5, 0.6) is 5.75 Å². The van der Waals surface area contributed by atoms with E-state index in [0.717, 1.165) is 17.1 Å². The Morgan fingerprint density at radius 3 is 2.41 bits per heavy atom. The molecule has 0 atom stereocenters. The predicted octanol–water partition coefficient (Wildman–Crippen LogP) is 5.08. The van der Waals surface area contributed by atoms with Gasteiger partial charge in [-0.05, 0) is 42.5 Å². The lowest BCUT2D eigenvalue weighted by Crippen LogP contribution is -2.15. The van der Waals surface area contributed by atoms with Crippen molar-refractivity contribution in [1.29, 1.82) is 0 Å². The molecule has 0 aliphatic carbocycles. The predicted molar refractivity (Wildman–Crippen MR) is 108 cm³/mol. The van der Waals surface area contributed by atoms with Crippen LogP contribution in [0.1, 0.15) is 36.8 Å². The molecule has 1 N–H and O–H groups in total. The summed E-state index contributed by atoms with van der Waals surface area (Å²) in [5.41, 5.74) is 2.03.